The lowest BCUT2D eigenvalue weighted by atomic mass is 10.1. The number of nitrogens with one attached hydrogen (secondary N) is 1. The molecule has 0 atom stereocenters. The molecular formula is C10H10N2O2. The van der Waals surface area contributed by atoms with E-state index in [4.69, 9.17) is 0 Å². The fourth-order valence-corrected chi connectivity index (χ4v) is 1.67. The maximum Gasteiger partial charge on any atom is 0.231 e. The molecule has 0 unspecified atom stereocenters. The fourth-order valence-electron chi connectivity index (χ4n) is 1.67. The average molecular weight is 190 g/mol. The maximum absolute atomic E-state index is 10.5. The molecule has 14 heavy (non-hydrogen) atoms. The van der Waals surface area contributed by atoms with Crippen LogP contribution >= 0.6 is 0 Å². The van der Waals surface area contributed by atoms with Crippen LogP contribution in [0.25, 0.3) is 10.9 Å². The number of nitro groups is 1. The van der Waals surface area contributed by atoms with Gasteiger partial charge in [0.15, 0.2) is 0 Å². The Labute approximate surface area is 80.7 Å². The summed E-state index contributed by atoms with van der Waals surface area (Å²) in [6, 6.07) is 7.62. The fraction of sp³-hybridized carbons (Fsp3) is 0.200. The van der Waals surface area contributed by atoms with Gasteiger partial charge in [0, 0.05) is 21.5 Å². The number of benzene rings is 1. The molecule has 0 fully saturated rings. The lowest BCUT2D eigenvalue weighted by Crippen LogP contribution is -1.98. The Morgan fingerprint density at radius 2 is 2.14 bits per heavy atom. The molecule has 1 heterocycles. The van der Waals surface area contributed by atoms with Crippen molar-refractivity contribution in [3.8, 4) is 0 Å². The first-order valence-electron chi connectivity index (χ1n) is 4.36. The highest BCUT2D eigenvalue weighted by atomic mass is 16.6. The van der Waals surface area contributed by atoms with Crippen LogP contribution in [0.4, 0.5) is 0 Å². The standard InChI is InChI=1S/C10H10N2O2/c1-7-9(6-12(13)14)8-4-2-3-5-10(8)11-7/h2-5,11H,6H2,1H3. The Bertz CT molecular complexity index is 488. The number of H-pyrrole nitrogens is 1. The second-order valence-corrected chi connectivity index (χ2v) is 3.26. The van der Waals surface area contributed by atoms with Crippen molar-refractivity contribution in [3.63, 3.8) is 0 Å². The largest absolute Gasteiger partial charge is 0.358 e. The predicted molar refractivity (Wildman–Crippen MR) is 53.7 cm³/mol. The molecule has 0 aliphatic carbocycles. The normalized spacial score (nSPS) is 10.6. The molecule has 0 aliphatic rings. The molecule has 0 amide bonds. The van der Waals surface area contributed by atoms with Crippen molar-refractivity contribution < 1.29 is 4.92 Å². The molecule has 72 valence electrons. The minimum atomic E-state index is -0.303. The van der Waals surface area contributed by atoms with E-state index in [1.807, 2.05) is 31.2 Å². The van der Waals surface area contributed by atoms with Gasteiger partial charge >= 0.3 is 0 Å². The van der Waals surface area contributed by atoms with Gasteiger partial charge in [-0.2, -0.15) is 0 Å². The van der Waals surface area contributed by atoms with Gasteiger partial charge in [0.2, 0.25) is 6.54 Å². The first kappa shape index (κ1) is 8.74. The zero-order chi connectivity index (χ0) is 10.1. The summed E-state index contributed by atoms with van der Waals surface area (Å²) < 4.78 is 0. The minimum absolute atomic E-state index is 0.115. The van der Waals surface area contributed by atoms with Crippen LogP contribution in [-0.4, -0.2) is 9.91 Å². The van der Waals surface area contributed by atoms with Gasteiger partial charge in [0.25, 0.3) is 0 Å². The second kappa shape index (κ2) is 3.14. The smallest absolute Gasteiger partial charge is 0.231 e. The van der Waals surface area contributed by atoms with Gasteiger partial charge in [-0.1, -0.05) is 18.2 Å². The maximum atomic E-state index is 10.5. The number of hydrogen-bond acceptors (Lipinski definition) is 2. The average Bonchev–Trinajstić information content (AvgIpc) is 2.43. The molecular weight excluding hydrogens is 180 g/mol. The van der Waals surface area contributed by atoms with Gasteiger partial charge in [-0.15, -0.1) is 0 Å². The molecule has 1 N–H and O–H groups in total. The van der Waals surface area contributed by atoms with Gasteiger partial charge in [-0.25, -0.2) is 0 Å². The summed E-state index contributed by atoms with van der Waals surface area (Å²) in [5.41, 5.74) is 2.62. The minimum Gasteiger partial charge on any atom is -0.358 e. The number of nitrogens with zero attached hydrogens (tertiary/aromatic N) is 1. The van der Waals surface area contributed by atoms with Crippen molar-refractivity contribution >= 4 is 10.9 Å². The number of rotatable bonds is 2. The summed E-state index contributed by atoms with van der Waals surface area (Å²) in [4.78, 5) is 13.3. The first-order chi connectivity index (χ1) is 6.68. The van der Waals surface area contributed by atoms with E-state index in [0.29, 0.717) is 0 Å². The van der Waals surface area contributed by atoms with Crippen LogP contribution in [0.5, 0.6) is 0 Å². The Morgan fingerprint density at radius 3 is 2.86 bits per heavy atom. The van der Waals surface area contributed by atoms with E-state index in [2.05, 4.69) is 4.98 Å². The van der Waals surface area contributed by atoms with Crippen LogP contribution in [0.1, 0.15) is 11.3 Å². The van der Waals surface area contributed by atoms with Crippen molar-refractivity contribution in [2.24, 2.45) is 0 Å². The molecule has 0 aliphatic heterocycles. The lowest BCUT2D eigenvalue weighted by molar-refractivity contribution is -0.496. The molecule has 0 saturated carbocycles. The first-order valence-corrected chi connectivity index (χ1v) is 4.36. The van der Waals surface area contributed by atoms with Crippen molar-refractivity contribution in [1.29, 1.82) is 0 Å². The third-order valence-corrected chi connectivity index (χ3v) is 2.31. The van der Waals surface area contributed by atoms with E-state index in [1.54, 1.807) is 0 Å². The summed E-state index contributed by atoms with van der Waals surface area (Å²) in [6.07, 6.45) is 0. The lowest BCUT2D eigenvalue weighted by Gasteiger charge is -1.93. The zero-order valence-electron chi connectivity index (χ0n) is 7.78. The molecule has 1 aromatic heterocycles. The molecule has 4 nitrogen and oxygen atoms in total. The highest BCUT2D eigenvalue weighted by molar-refractivity contribution is 5.84. The number of para-hydroxylation sites is 1. The summed E-state index contributed by atoms with van der Waals surface area (Å²) in [6.45, 7) is 1.74. The third-order valence-electron chi connectivity index (χ3n) is 2.31. The molecule has 0 radical (unpaired) electrons. The van der Waals surface area contributed by atoms with Crippen LogP contribution in [0.3, 0.4) is 0 Å². The molecule has 2 rings (SSSR count). The Hall–Kier alpha value is -1.84. The number of aromatic amines is 1. The predicted octanol–water partition coefficient (Wildman–Crippen LogP) is 2.25. The molecule has 1 aromatic carbocycles. The van der Waals surface area contributed by atoms with E-state index in [1.165, 1.54) is 0 Å². The number of fused-ring (bicyclic) bond motifs is 1. The van der Waals surface area contributed by atoms with E-state index < -0.39 is 0 Å². The SMILES string of the molecule is Cc1[nH]c2ccccc2c1C[N+](=O)[O-]. The van der Waals surface area contributed by atoms with Gasteiger partial charge in [-0.3, -0.25) is 10.1 Å². The van der Waals surface area contributed by atoms with E-state index in [0.717, 1.165) is 22.2 Å². The topological polar surface area (TPSA) is 58.9 Å². The number of hydrogen-bond donors (Lipinski definition) is 1. The van der Waals surface area contributed by atoms with Crippen LogP contribution in [0.2, 0.25) is 0 Å². The van der Waals surface area contributed by atoms with Crippen molar-refractivity contribution in [3.05, 3.63) is 45.6 Å². The molecule has 2 aromatic rings. The molecule has 0 spiro atoms. The van der Waals surface area contributed by atoms with Crippen LogP contribution in [0.15, 0.2) is 24.3 Å². The highest BCUT2D eigenvalue weighted by Crippen LogP contribution is 2.21. The molecule has 0 saturated heterocycles. The zero-order valence-corrected chi connectivity index (χ0v) is 7.78. The summed E-state index contributed by atoms with van der Waals surface area (Å²) in [5, 5.41) is 11.4. The van der Waals surface area contributed by atoms with E-state index in [-0.39, 0.29) is 11.5 Å². The van der Waals surface area contributed by atoms with Crippen molar-refractivity contribution in [2.75, 3.05) is 0 Å². The number of aromatic nitrogens is 1. The van der Waals surface area contributed by atoms with Gasteiger partial charge in [0.1, 0.15) is 0 Å². The van der Waals surface area contributed by atoms with Gasteiger partial charge in [-0.05, 0) is 13.0 Å². The highest BCUT2D eigenvalue weighted by Gasteiger charge is 2.12. The number of aryl methyl sites for hydroxylation is 1. The monoisotopic (exact) mass is 190 g/mol. The Kier molecular flexibility index (Phi) is 1.96. The van der Waals surface area contributed by atoms with Crippen molar-refractivity contribution in [1.82, 2.24) is 4.98 Å². The third kappa shape index (κ3) is 1.35. The molecule has 4 heteroatoms. The second-order valence-electron chi connectivity index (χ2n) is 3.26. The van der Waals surface area contributed by atoms with Crippen LogP contribution < -0.4 is 0 Å². The van der Waals surface area contributed by atoms with Crippen LogP contribution in [0, 0.1) is 17.0 Å². The van der Waals surface area contributed by atoms with Crippen LogP contribution in [-0.2, 0) is 6.54 Å². The van der Waals surface area contributed by atoms with E-state index in [9.17, 15) is 10.1 Å². The quantitative estimate of drug-likeness (QED) is 0.583. The van der Waals surface area contributed by atoms with Gasteiger partial charge < -0.3 is 4.98 Å². The molecule has 0 bridgehead atoms. The van der Waals surface area contributed by atoms with E-state index >= 15 is 0 Å². The Balaban J connectivity index is 2.62. The van der Waals surface area contributed by atoms with Gasteiger partial charge in [0.05, 0.1) is 5.56 Å². The van der Waals surface area contributed by atoms with Crippen molar-refractivity contribution in [2.45, 2.75) is 13.5 Å². The summed E-state index contributed by atoms with van der Waals surface area (Å²) in [7, 11) is 0. The Morgan fingerprint density at radius 1 is 1.43 bits per heavy atom. The summed E-state index contributed by atoms with van der Waals surface area (Å²) >= 11 is 0. The summed E-state index contributed by atoms with van der Waals surface area (Å²) in [5.74, 6) is 0.